The zero-order valence-corrected chi connectivity index (χ0v) is 10.1. The van der Waals surface area contributed by atoms with E-state index in [0.29, 0.717) is 11.3 Å². The van der Waals surface area contributed by atoms with Gasteiger partial charge in [-0.05, 0) is 30.7 Å². The molecule has 0 atom stereocenters. The van der Waals surface area contributed by atoms with Gasteiger partial charge in [0.2, 0.25) is 10.0 Å². The number of hydrogen-bond acceptors (Lipinski definition) is 3. The largest absolute Gasteiger partial charge is 0.478 e. The van der Waals surface area contributed by atoms with E-state index >= 15 is 0 Å². The zero-order chi connectivity index (χ0) is 12.9. The van der Waals surface area contributed by atoms with E-state index in [1.54, 1.807) is 24.3 Å². The summed E-state index contributed by atoms with van der Waals surface area (Å²) in [5.74, 6) is -1.06. The number of carboxylic acid groups (broad SMARTS) is 1. The van der Waals surface area contributed by atoms with Crippen LogP contribution in [0, 0.1) is 0 Å². The molecule has 0 saturated heterocycles. The number of aliphatic carboxylic acids is 1. The summed E-state index contributed by atoms with van der Waals surface area (Å²) in [6, 6.07) is 6.50. The Labute approximate surface area is 99.8 Å². The number of rotatable bonds is 5. The lowest BCUT2D eigenvalue weighted by Gasteiger charge is -2.06. The van der Waals surface area contributed by atoms with E-state index in [4.69, 9.17) is 5.11 Å². The van der Waals surface area contributed by atoms with Crippen LogP contribution in [0.4, 0.5) is 5.69 Å². The summed E-state index contributed by atoms with van der Waals surface area (Å²) in [6.07, 6.45) is 2.39. The highest BCUT2D eigenvalue weighted by Gasteiger charge is 2.06. The second kappa shape index (κ2) is 5.49. The summed E-state index contributed by atoms with van der Waals surface area (Å²) in [7, 11) is -3.31. The van der Waals surface area contributed by atoms with Gasteiger partial charge in [0, 0.05) is 11.8 Å². The van der Waals surface area contributed by atoms with Gasteiger partial charge in [0.25, 0.3) is 0 Å². The maximum absolute atomic E-state index is 11.3. The third kappa shape index (κ3) is 4.69. The topological polar surface area (TPSA) is 83.5 Å². The van der Waals surface area contributed by atoms with E-state index in [1.165, 1.54) is 13.0 Å². The Morgan fingerprint density at radius 1 is 1.47 bits per heavy atom. The lowest BCUT2D eigenvalue weighted by Crippen LogP contribution is -2.14. The maximum Gasteiger partial charge on any atom is 0.328 e. The first kappa shape index (κ1) is 13.2. The Morgan fingerprint density at radius 3 is 2.76 bits per heavy atom. The Kier molecular flexibility index (Phi) is 4.28. The van der Waals surface area contributed by atoms with Gasteiger partial charge in [-0.25, -0.2) is 13.2 Å². The Morgan fingerprint density at radius 2 is 2.18 bits per heavy atom. The average molecular weight is 255 g/mol. The van der Waals surface area contributed by atoms with E-state index in [-0.39, 0.29) is 5.75 Å². The Bertz CT molecular complexity index is 534. The van der Waals surface area contributed by atoms with Crippen molar-refractivity contribution in [1.29, 1.82) is 0 Å². The number of sulfonamides is 1. The molecule has 2 N–H and O–H groups in total. The summed E-state index contributed by atoms with van der Waals surface area (Å²) in [5.41, 5.74) is 1.03. The van der Waals surface area contributed by atoms with Crippen molar-refractivity contribution in [2.24, 2.45) is 0 Å². The zero-order valence-electron chi connectivity index (χ0n) is 9.25. The van der Waals surface area contributed by atoms with Crippen molar-refractivity contribution in [2.75, 3.05) is 10.5 Å². The molecule has 92 valence electrons. The number of anilines is 1. The molecule has 0 aliphatic heterocycles. The molecule has 0 aliphatic carbocycles. The highest BCUT2D eigenvalue weighted by Crippen LogP contribution is 2.13. The summed E-state index contributed by atoms with van der Waals surface area (Å²) in [4.78, 5) is 10.3. The van der Waals surface area contributed by atoms with Gasteiger partial charge in [-0.2, -0.15) is 0 Å². The summed E-state index contributed by atoms with van der Waals surface area (Å²) < 4.78 is 25.0. The molecule has 0 unspecified atom stereocenters. The monoisotopic (exact) mass is 255 g/mol. The van der Waals surface area contributed by atoms with Crippen molar-refractivity contribution in [3.63, 3.8) is 0 Å². The standard InChI is InChI=1S/C11H13NO4S/c1-2-17(15,16)12-10-5-3-4-9(8-10)6-7-11(13)14/h3-8,12H,2H2,1H3,(H,13,14)/b7-6+. The van der Waals surface area contributed by atoms with Crippen LogP contribution in [-0.4, -0.2) is 25.2 Å². The van der Waals surface area contributed by atoms with E-state index in [2.05, 4.69) is 4.72 Å². The second-order valence-electron chi connectivity index (χ2n) is 3.30. The van der Waals surface area contributed by atoms with Gasteiger partial charge in [0.05, 0.1) is 5.75 Å². The molecule has 17 heavy (non-hydrogen) atoms. The maximum atomic E-state index is 11.3. The molecule has 1 aromatic carbocycles. The predicted molar refractivity (Wildman–Crippen MR) is 66.2 cm³/mol. The SMILES string of the molecule is CCS(=O)(=O)Nc1cccc(/C=C/C(=O)O)c1. The van der Waals surface area contributed by atoms with Gasteiger partial charge >= 0.3 is 5.97 Å². The van der Waals surface area contributed by atoms with Gasteiger partial charge in [-0.1, -0.05) is 12.1 Å². The molecule has 5 nitrogen and oxygen atoms in total. The normalized spacial score (nSPS) is 11.6. The molecule has 0 bridgehead atoms. The fourth-order valence-electron chi connectivity index (χ4n) is 1.13. The summed E-state index contributed by atoms with van der Waals surface area (Å²) in [5, 5.41) is 8.47. The predicted octanol–water partition coefficient (Wildman–Crippen LogP) is 1.55. The molecular formula is C11H13NO4S. The Hall–Kier alpha value is -1.82. The fraction of sp³-hybridized carbons (Fsp3) is 0.182. The lowest BCUT2D eigenvalue weighted by molar-refractivity contribution is -0.131. The molecule has 6 heteroatoms. The lowest BCUT2D eigenvalue weighted by atomic mass is 10.2. The first-order valence-electron chi connectivity index (χ1n) is 4.94. The van der Waals surface area contributed by atoms with Gasteiger partial charge < -0.3 is 5.11 Å². The van der Waals surface area contributed by atoms with Gasteiger partial charge in [0.15, 0.2) is 0 Å². The highest BCUT2D eigenvalue weighted by molar-refractivity contribution is 7.92. The molecule has 0 amide bonds. The van der Waals surface area contributed by atoms with Crippen LogP contribution in [0.25, 0.3) is 6.08 Å². The number of nitrogens with one attached hydrogen (secondary N) is 1. The van der Waals surface area contributed by atoms with Crippen LogP contribution in [0.5, 0.6) is 0 Å². The van der Waals surface area contributed by atoms with Crippen molar-refractivity contribution in [3.8, 4) is 0 Å². The molecular weight excluding hydrogens is 242 g/mol. The minimum atomic E-state index is -3.31. The quantitative estimate of drug-likeness (QED) is 0.782. The van der Waals surface area contributed by atoms with Crippen LogP contribution in [-0.2, 0) is 14.8 Å². The van der Waals surface area contributed by atoms with Crippen molar-refractivity contribution in [1.82, 2.24) is 0 Å². The molecule has 1 aromatic rings. The van der Waals surface area contributed by atoms with Crippen LogP contribution in [0.3, 0.4) is 0 Å². The molecule has 0 aliphatic rings. The van der Waals surface area contributed by atoms with Crippen molar-refractivity contribution >= 4 is 27.8 Å². The fourth-order valence-corrected chi connectivity index (χ4v) is 1.76. The first-order valence-corrected chi connectivity index (χ1v) is 6.60. The molecule has 0 saturated carbocycles. The van der Waals surface area contributed by atoms with Gasteiger partial charge in [-0.15, -0.1) is 0 Å². The third-order valence-corrected chi connectivity index (χ3v) is 3.27. The Balaban J connectivity index is 2.90. The number of carbonyl (C=O) groups is 1. The van der Waals surface area contributed by atoms with Crippen LogP contribution in [0.15, 0.2) is 30.3 Å². The van der Waals surface area contributed by atoms with E-state index in [9.17, 15) is 13.2 Å². The summed E-state index contributed by atoms with van der Waals surface area (Å²) >= 11 is 0. The van der Waals surface area contributed by atoms with Crippen molar-refractivity contribution in [2.45, 2.75) is 6.92 Å². The van der Waals surface area contributed by atoms with E-state index in [0.717, 1.165) is 6.08 Å². The van der Waals surface area contributed by atoms with Gasteiger partial charge in [-0.3, -0.25) is 4.72 Å². The first-order chi connectivity index (χ1) is 7.93. The molecule has 0 heterocycles. The van der Waals surface area contributed by atoms with Gasteiger partial charge in [0.1, 0.15) is 0 Å². The molecule has 0 aromatic heterocycles. The van der Waals surface area contributed by atoms with Crippen LogP contribution < -0.4 is 4.72 Å². The smallest absolute Gasteiger partial charge is 0.328 e. The molecule has 1 rings (SSSR count). The third-order valence-electron chi connectivity index (χ3n) is 1.96. The number of carboxylic acids is 1. The molecule has 0 radical (unpaired) electrons. The van der Waals surface area contributed by atoms with Crippen LogP contribution in [0.2, 0.25) is 0 Å². The average Bonchev–Trinajstić information content (AvgIpc) is 2.26. The molecule has 0 spiro atoms. The van der Waals surface area contributed by atoms with Crippen LogP contribution in [0.1, 0.15) is 12.5 Å². The highest BCUT2D eigenvalue weighted by atomic mass is 32.2. The van der Waals surface area contributed by atoms with Crippen LogP contribution >= 0.6 is 0 Å². The second-order valence-corrected chi connectivity index (χ2v) is 5.31. The van der Waals surface area contributed by atoms with Crippen molar-refractivity contribution in [3.05, 3.63) is 35.9 Å². The number of hydrogen-bond donors (Lipinski definition) is 2. The minimum Gasteiger partial charge on any atom is -0.478 e. The molecule has 0 fully saturated rings. The summed E-state index contributed by atoms with van der Waals surface area (Å²) in [6.45, 7) is 1.54. The number of benzene rings is 1. The minimum absolute atomic E-state index is 0.0117. The van der Waals surface area contributed by atoms with E-state index in [1.807, 2.05) is 0 Å². The van der Waals surface area contributed by atoms with Crippen molar-refractivity contribution < 1.29 is 18.3 Å². The van der Waals surface area contributed by atoms with E-state index < -0.39 is 16.0 Å².